The number of esters is 1. The Morgan fingerprint density at radius 3 is 2.67 bits per heavy atom. The third kappa shape index (κ3) is 5.51. The number of amides is 1. The van der Waals surface area contributed by atoms with Gasteiger partial charge in [-0.3, -0.25) is 9.88 Å². The van der Waals surface area contributed by atoms with Gasteiger partial charge in [-0.05, 0) is 64.2 Å². The van der Waals surface area contributed by atoms with E-state index in [2.05, 4.69) is 4.98 Å². The van der Waals surface area contributed by atoms with Gasteiger partial charge in [0.15, 0.2) is 0 Å². The van der Waals surface area contributed by atoms with Crippen LogP contribution >= 0.6 is 0 Å². The van der Waals surface area contributed by atoms with E-state index in [1.807, 2.05) is 32.9 Å². The van der Waals surface area contributed by atoms with Crippen LogP contribution in [0.1, 0.15) is 45.6 Å². The fourth-order valence-corrected chi connectivity index (χ4v) is 2.65. The Bertz CT molecular complexity index is 554. The van der Waals surface area contributed by atoms with E-state index in [0.29, 0.717) is 19.6 Å². The highest BCUT2D eigenvalue weighted by Crippen LogP contribution is 2.21. The average Bonchev–Trinajstić information content (AvgIpc) is 3.00. The maximum Gasteiger partial charge on any atom is 0.411 e. The SMILES string of the molecule is CC(C)(C)OC(=O)N1CCCC1C(=O)OCCCc1ccncc1. The summed E-state index contributed by atoms with van der Waals surface area (Å²) >= 11 is 0. The lowest BCUT2D eigenvalue weighted by atomic mass is 10.1. The smallest absolute Gasteiger partial charge is 0.411 e. The second kappa shape index (κ2) is 8.13. The molecule has 1 fully saturated rings. The van der Waals surface area contributed by atoms with Crippen molar-refractivity contribution in [1.29, 1.82) is 0 Å². The highest BCUT2D eigenvalue weighted by atomic mass is 16.6. The van der Waals surface area contributed by atoms with Crippen molar-refractivity contribution in [2.24, 2.45) is 0 Å². The van der Waals surface area contributed by atoms with Crippen molar-refractivity contribution < 1.29 is 19.1 Å². The van der Waals surface area contributed by atoms with Crippen molar-refractivity contribution in [3.05, 3.63) is 30.1 Å². The summed E-state index contributed by atoms with van der Waals surface area (Å²) < 4.78 is 10.7. The molecule has 2 heterocycles. The largest absolute Gasteiger partial charge is 0.464 e. The molecular formula is C18H26N2O4. The molecule has 24 heavy (non-hydrogen) atoms. The van der Waals surface area contributed by atoms with Gasteiger partial charge in [0, 0.05) is 18.9 Å². The molecule has 1 atom stereocenters. The number of carbonyl (C=O) groups is 2. The van der Waals surface area contributed by atoms with Gasteiger partial charge >= 0.3 is 12.1 Å². The highest BCUT2D eigenvalue weighted by molar-refractivity contribution is 5.82. The number of likely N-dealkylation sites (tertiary alicyclic amines) is 1. The van der Waals surface area contributed by atoms with Crippen LogP contribution in [0.4, 0.5) is 4.79 Å². The minimum absolute atomic E-state index is 0.340. The number of carbonyl (C=O) groups excluding carboxylic acids is 2. The monoisotopic (exact) mass is 334 g/mol. The van der Waals surface area contributed by atoms with Crippen LogP contribution in [0.3, 0.4) is 0 Å². The van der Waals surface area contributed by atoms with Crippen molar-refractivity contribution in [3.63, 3.8) is 0 Å². The van der Waals surface area contributed by atoms with Crippen molar-refractivity contribution >= 4 is 12.1 Å². The summed E-state index contributed by atoms with van der Waals surface area (Å²) in [6.07, 6.45) is 6.04. The lowest BCUT2D eigenvalue weighted by Gasteiger charge is -2.27. The number of hydrogen-bond acceptors (Lipinski definition) is 5. The number of pyridine rings is 1. The predicted octanol–water partition coefficient (Wildman–Crippen LogP) is 2.96. The zero-order valence-electron chi connectivity index (χ0n) is 14.7. The molecule has 0 aliphatic carbocycles. The Morgan fingerprint density at radius 1 is 1.29 bits per heavy atom. The van der Waals surface area contributed by atoms with Crippen molar-refractivity contribution in [1.82, 2.24) is 9.88 Å². The average molecular weight is 334 g/mol. The van der Waals surface area contributed by atoms with Gasteiger partial charge < -0.3 is 9.47 Å². The van der Waals surface area contributed by atoms with Crippen LogP contribution in [0.2, 0.25) is 0 Å². The molecule has 2 rings (SSSR count). The van der Waals surface area contributed by atoms with E-state index in [9.17, 15) is 9.59 Å². The van der Waals surface area contributed by atoms with Gasteiger partial charge in [-0.2, -0.15) is 0 Å². The van der Waals surface area contributed by atoms with Crippen molar-refractivity contribution in [3.8, 4) is 0 Å². The zero-order chi connectivity index (χ0) is 17.6. The zero-order valence-corrected chi connectivity index (χ0v) is 14.7. The lowest BCUT2D eigenvalue weighted by molar-refractivity contribution is -0.148. The maximum atomic E-state index is 12.3. The summed E-state index contributed by atoms with van der Waals surface area (Å²) in [4.78, 5) is 29.9. The molecule has 0 radical (unpaired) electrons. The van der Waals surface area contributed by atoms with Gasteiger partial charge in [0.05, 0.1) is 6.61 Å². The van der Waals surface area contributed by atoms with Crippen molar-refractivity contribution in [2.75, 3.05) is 13.2 Å². The lowest BCUT2D eigenvalue weighted by Crippen LogP contribution is -2.44. The summed E-state index contributed by atoms with van der Waals surface area (Å²) in [7, 11) is 0. The first-order chi connectivity index (χ1) is 11.4. The molecule has 1 saturated heterocycles. The molecule has 1 aromatic rings. The number of nitrogens with zero attached hydrogens (tertiary/aromatic N) is 2. The normalized spacial score (nSPS) is 17.6. The van der Waals surface area contributed by atoms with Gasteiger partial charge in [-0.1, -0.05) is 0 Å². The predicted molar refractivity (Wildman–Crippen MR) is 89.5 cm³/mol. The molecule has 0 aromatic carbocycles. The Labute approximate surface area is 143 Å². The molecule has 1 amide bonds. The van der Waals surface area contributed by atoms with E-state index >= 15 is 0 Å². The van der Waals surface area contributed by atoms with Gasteiger partial charge in [-0.15, -0.1) is 0 Å². The van der Waals surface area contributed by atoms with E-state index in [-0.39, 0.29) is 5.97 Å². The third-order valence-corrected chi connectivity index (χ3v) is 3.76. The van der Waals surface area contributed by atoms with Gasteiger partial charge in [0.2, 0.25) is 0 Å². The molecule has 132 valence electrons. The summed E-state index contributed by atoms with van der Waals surface area (Å²) in [5, 5.41) is 0. The molecule has 0 bridgehead atoms. The maximum absolute atomic E-state index is 12.3. The fraction of sp³-hybridized carbons (Fsp3) is 0.611. The molecule has 1 aliphatic rings. The van der Waals surface area contributed by atoms with Crippen LogP contribution in [0.15, 0.2) is 24.5 Å². The van der Waals surface area contributed by atoms with Gasteiger partial charge in [-0.25, -0.2) is 9.59 Å². The van der Waals surface area contributed by atoms with Crippen LogP contribution in [0.5, 0.6) is 0 Å². The molecule has 1 aliphatic heterocycles. The second-order valence-corrected chi connectivity index (χ2v) is 6.96. The van der Waals surface area contributed by atoms with Crippen LogP contribution < -0.4 is 0 Å². The van der Waals surface area contributed by atoms with Crippen LogP contribution in [0.25, 0.3) is 0 Å². The second-order valence-electron chi connectivity index (χ2n) is 6.96. The summed E-state index contributed by atoms with van der Waals surface area (Å²) in [6.45, 7) is 6.32. The quantitative estimate of drug-likeness (QED) is 0.612. The third-order valence-electron chi connectivity index (χ3n) is 3.76. The summed E-state index contributed by atoms with van der Waals surface area (Å²) in [6, 6.07) is 3.37. The Hall–Kier alpha value is -2.11. The minimum Gasteiger partial charge on any atom is -0.464 e. The van der Waals surface area contributed by atoms with Crippen molar-refractivity contribution in [2.45, 2.75) is 58.1 Å². The number of hydrogen-bond donors (Lipinski definition) is 0. The van der Waals surface area contributed by atoms with Crippen LogP contribution in [-0.2, 0) is 20.7 Å². The molecule has 0 saturated carbocycles. The van der Waals surface area contributed by atoms with E-state index in [4.69, 9.17) is 9.47 Å². The molecule has 0 N–H and O–H groups in total. The Kier molecular flexibility index (Phi) is 6.17. The van der Waals surface area contributed by atoms with E-state index < -0.39 is 17.7 Å². The van der Waals surface area contributed by atoms with Gasteiger partial charge in [0.1, 0.15) is 11.6 Å². The van der Waals surface area contributed by atoms with Gasteiger partial charge in [0.25, 0.3) is 0 Å². The standard InChI is InChI=1S/C18H26N2O4/c1-18(2,3)24-17(22)20-12-4-7-15(20)16(21)23-13-5-6-14-8-10-19-11-9-14/h8-11,15H,4-7,12-13H2,1-3H3. The topological polar surface area (TPSA) is 68.7 Å². The highest BCUT2D eigenvalue weighted by Gasteiger charge is 2.37. The summed E-state index contributed by atoms with van der Waals surface area (Å²) in [5.74, 6) is -0.340. The Morgan fingerprint density at radius 2 is 2.00 bits per heavy atom. The van der Waals surface area contributed by atoms with E-state index in [1.165, 1.54) is 4.90 Å². The molecule has 6 heteroatoms. The first-order valence-electron chi connectivity index (χ1n) is 8.42. The molecule has 1 unspecified atom stereocenters. The number of aromatic nitrogens is 1. The minimum atomic E-state index is -0.571. The van der Waals surface area contributed by atoms with E-state index in [1.54, 1.807) is 12.4 Å². The van der Waals surface area contributed by atoms with E-state index in [0.717, 1.165) is 24.8 Å². The molecule has 0 spiro atoms. The molecule has 6 nitrogen and oxygen atoms in total. The Balaban J connectivity index is 1.77. The fourth-order valence-electron chi connectivity index (χ4n) is 2.65. The summed E-state index contributed by atoms with van der Waals surface area (Å²) in [5.41, 5.74) is 0.593. The number of ether oxygens (including phenoxy) is 2. The van der Waals surface area contributed by atoms with Crippen LogP contribution in [-0.4, -0.2) is 46.7 Å². The molecular weight excluding hydrogens is 308 g/mol. The first-order valence-corrected chi connectivity index (χ1v) is 8.42. The number of aryl methyl sites for hydroxylation is 1. The number of rotatable bonds is 5. The van der Waals surface area contributed by atoms with Crippen LogP contribution in [0, 0.1) is 0 Å². The molecule has 1 aromatic heterocycles. The first kappa shape index (κ1) is 18.2.